The first-order valence-electron chi connectivity index (χ1n) is 6.32. The van der Waals surface area contributed by atoms with Gasteiger partial charge in [-0.1, -0.05) is 31.9 Å². The summed E-state index contributed by atoms with van der Waals surface area (Å²) in [5.41, 5.74) is 0. The molecule has 0 saturated heterocycles. The van der Waals surface area contributed by atoms with Gasteiger partial charge in [0.15, 0.2) is 0 Å². The summed E-state index contributed by atoms with van der Waals surface area (Å²) in [6.07, 6.45) is 2.47. The maximum absolute atomic E-state index is 5.96. The van der Waals surface area contributed by atoms with Crippen LogP contribution in [0.4, 0.5) is 0 Å². The summed E-state index contributed by atoms with van der Waals surface area (Å²) in [5, 5.41) is 3.44. The van der Waals surface area contributed by atoms with E-state index in [9.17, 15) is 0 Å². The van der Waals surface area contributed by atoms with Crippen LogP contribution in [0.25, 0.3) is 0 Å². The summed E-state index contributed by atoms with van der Waals surface area (Å²) < 4.78 is 0.882. The molecular weight excluding hydrogens is 252 g/mol. The van der Waals surface area contributed by atoms with E-state index in [0.717, 1.165) is 24.0 Å². The number of rotatable bonds is 8. The Labute approximate surface area is 114 Å². The van der Waals surface area contributed by atoms with Crippen LogP contribution in [-0.4, -0.2) is 31.1 Å². The minimum absolute atomic E-state index is 0.612. The second kappa shape index (κ2) is 8.09. The van der Waals surface area contributed by atoms with Gasteiger partial charge in [-0.2, -0.15) is 0 Å². The average Bonchev–Trinajstić information content (AvgIpc) is 2.70. The van der Waals surface area contributed by atoms with Gasteiger partial charge >= 0.3 is 0 Å². The molecule has 98 valence electrons. The van der Waals surface area contributed by atoms with Crippen LogP contribution in [0.2, 0.25) is 4.34 Å². The zero-order valence-electron chi connectivity index (χ0n) is 11.0. The molecule has 1 unspecified atom stereocenters. The summed E-state index contributed by atoms with van der Waals surface area (Å²) in [6.45, 7) is 7.50. The molecule has 1 N–H and O–H groups in total. The Kier molecular flexibility index (Phi) is 7.12. The van der Waals surface area contributed by atoms with Crippen LogP contribution in [0.3, 0.4) is 0 Å². The van der Waals surface area contributed by atoms with Gasteiger partial charge in [0.05, 0.1) is 4.34 Å². The third-order valence-electron chi connectivity index (χ3n) is 2.91. The fourth-order valence-corrected chi connectivity index (χ4v) is 3.09. The van der Waals surface area contributed by atoms with Gasteiger partial charge in [-0.25, -0.2) is 0 Å². The molecule has 4 heteroatoms. The van der Waals surface area contributed by atoms with Crippen LogP contribution in [-0.2, 0) is 6.54 Å². The van der Waals surface area contributed by atoms with Crippen molar-refractivity contribution in [2.24, 2.45) is 0 Å². The molecule has 1 aromatic rings. The van der Waals surface area contributed by atoms with Crippen LogP contribution in [0.15, 0.2) is 12.1 Å². The van der Waals surface area contributed by atoms with E-state index in [-0.39, 0.29) is 0 Å². The maximum atomic E-state index is 5.96. The molecule has 1 heterocycles. The molecule has 0 fully saturated rings. The lowest BCUT2D eigenvalue weighted by Crippen LogP contribution is -2.39. The standard InChI is InChI=1S/C13H23ClN2S/c1-4-6-11(9-15-5-2)16(3)10-12-7-8-13(14)17-12/h7-8,11,15H,4-6,9-10H2,1-3H3. The third kappa shape index (κ3) is 5.38. The lowest BCUT2D eigenvalue weighted by Gasteiger charge is -2.27. The highest BCUT2D eigenvalue weighted by molar-refractivity contribution is 7.16. The molecule has 0 saturated carbocycles. The zero-order valence-corrected chi connectivity index (χ0v) is 12.6. The van der Waals surface area contributed by atoms with E-state index in [1.54, 1.807) is 11.3 Å². The number of likely N-dealkylation sites (N-methyl/N-ethyl adjacent to an activating group) is 2. The van der Waals surface area contributed by atoms with Crippen molar-refractivity contribution in [3.8, 4) is 0 Å². The second-order valence-corrected chi connectivity index (χ2v) is 6.17. The molecule has 1 rings (SSSR count). The molecule has 0 spiro atoms. The van der Waals surface area contributed by atoms with Crippen molar-refractivity contribution in [1.29, 1.82) is 0 Å². The highest BCUT2D eigenvalue weighted by Gasteiger charge is 2.14. The third-order valence-corrected chi connectivity index (χ3v) is 4.13. The number of nitrogens with one attached hydrogen (secondary N) is 1. The first kappa shape index (κ1) is 15.0. The first-order valence-corrected chi connectivity index (χ1v) is 7.52. The van der Waals surface area contributed by atoms with Gasteiger partial charge in [0.2, 0.25) is 0 Å². The van der Waals surface area contributed by atoms with Crippen molar-refractivity contribution >= 4 is 22.9 Å². The number of halogens is 1. The van der Waals surface area contributed by atoms with Crippen LogP contribution in [0.5, 0.6) is 0 Å². The lowest BCUT2D eigenvalue weighted by molar-refractivity contribution is 0.217. The second-order valence-electron chi connectivity index (χ2n) is 4.37. The van der Waals surface area contributed by atoms with Gasteiger partial charge in [-0.15, -0.1) is 11.3 Å². The Hall–Kier alpha value is -0.0900. The van der Waals surface area contributed by atoms with Gasteiger partial charge in [0.1, 0.15) is 0 Å². The van der Waals surface area contributed by atoms with Crippen LogP contribution in [0, 0.1) is 0 Å². The Morgan fingerprint density at radius 3 is 2.71 bits per heavy atom. The van der Waals surface area contributed by atoms with Crippen molar-refractivity contribution in [1.82, 2.24) is 10.2 Å². The smallest absolute Gasteiger partial charge is 0.0931 e. The fraction of sp³-hybridized carbons (Fsp3) is 0.692. The molecule has 17 heavy (non-hydrogen) atoms. The molecule has 0 amide bonds. The normalized spacial score (nSPS) is 13.2. The molecule has 1 aromatic heterocycles. The minimum atomic E-state index is 0.612. The summed E-state index contributed by atoms with van der Waals surface area (Å²) in [6, 6.07) is 4.72. The Balaban J connectivity index is 2.48. The quantitative estimate of drug-likeness (QED) is 0.779. The van der Waals surface area contributed by atoms with Gasteiger partial charge in [0.25, 0.3) is 0 Å². The molecule has 2 nitrogen and oxygen atoms in total. The van der Waals surface area contributed by atoms with E-state index in [1.165, 1.54) is 17.7 Å². The maximum Gasteiger partial charge on any atom is 0.0931 e. The fourth-order valence-electron chi connectivity index (χ4n) is 1.93. The van der Waals surface area contributed by atoms with Crippen molar-refractivity contribution in [2.45, 2.75) is 39.3 Å². The molecule has 0 aliphatic heterocycles. The Morgan fingerprint density at radius 1 is 1.41 bits per heavy atom. The predicted molar refractivity (Wildman–Crippen MR) is 78.0 cm³/mol. The topological polar surface area (TPSA) is 15.3 Å². The van der Waals surface area contributed by atoms with E-state index in [0.29, 0.717) is 6.04 Å². The van der Waals surface area contributed by atoms with Crippen LogP contribution < -0.4 is 5.32 Å². The van der Waals surface area contributed by atoms with Crippen molar-refractivity contribution in [3.63, 3.8) is 0 Å². The predicted octanol–water partition coefficient (Wildman–Crippen LogP) is 3.61. The van der Waals surface area contributed by atoms with E-state index < -0.39 is 0 Å². The molecule has 0 bridgehead atoms. The molecule has 0 aromatic carbocycles. The minimum Gasteiger partial charge on any atom is -0.315 e. The van der Waals surface area contributed by atoms with E-state index in [4.69, 9.17) is 11.6 Å². The van der Waals surface area contributed by atoms with Crippen LogP contribution in [0.1, 0.15) is 31.6 Å². The number of nitrogens with zero attached hydrogens (tertiary/aromatic N) is 1. The van der Waals surface area contributed by atoms with Gasteiger partial charge in [-0.3, -0.25) is 4.90 Å². The van der Waals surface area contributed by atoms with E-state index in [1.807, 2.05) is 6.07 Å². The van der Waals surface area contributed by atoms with Gasteiger partial charge < -0.3 is 5.32 Å². The van der Waals surface area contributed by atoms with Crippen molar-refractivity contribution in [3.05, 3.63) is 21.3 Å². The molecule has 0 radical (unpaired) electrons. The summed E-state index contributed by atoms with van der Waals surface area (Å²) >= 11 is 7.63. The van der Waals surface area contributed by atoms with Gasteiger partial charge in [0, 0.05) is 24.0 Å². The van der Waals surface area contributed by atoms with Gasteiger partial charge in [-0.05, 0) is 32.1 Å². The SMILES string of the molecule is CCCC(CNCC)N(C)Cc1ccc(Cl)s1. The number of hydrogen-bond acceptors (Lipinski definition) is 3. The number of thiophene rings is 1. The molecule has 0 aliphatic carbocycles. The largest absolute Gasteiger partial charge is 0.315 e. The Morgan fingerprint density at radius 2 is 2.18 bits per heavy atom. The monoisotopic (exact) mass is 274 g/mol. The Bertz CT molecular complexity index is 314. The van der Waals surface area contributed by atoms with E-state index >= 15 is 0 Å². The molecule has 0 aliphatic rings. The van der Waals surface area contributed by atoms with Crippen LogP contribution >= 0.6 is 22.9 Å². The van der Waals surface area contributed by atoms with E-state index in [2.05, 4.69) is 37.2 Å². The lowest BCUT2D eigenvalue weighted by atomic mass is 10.1. The van der Waals surface area contributed by atoms with Crippen molar-refractivity contribution < 1.29 is 0 Å². The highest BCUT2D eigenvalue weighted by atomic mass is 35.5. The first-order chi connectivity index (χ1) is 8.17. The molecular formula is C13H23ClN2S. The molecule has 1 atom stereocenters. The average molecular weight is 275 g/mol. The number of hydrogen-bond donors (Lipinski definition) is 1. The highest BCUT2D eigenvalue weighted by Crippen LogP contribution is 2.23. The summed E-state index contributed by atoms with van der Waals surface area (Å²) in [7, 11) is 2.20. The zero-order chi connectivity index (χ0) is 12.7. The summed E-state index contributed by atoms with van der Waals surface area (Å²) in [5.74, 6) is 0. The van der Waals surface area contributed by atoms with Crippen molar-refractivity contribution in [2.75, 3.05) is 20.1 Å². The summed E-state index contributed by atoms with van der Waals surface area (Å²) in [4.78, 5) is 3.77.